The van der Waals surface area contributed by atoms with Gasteiger partial charge in [-0.2, -0.15) is 0 Å². The summed E-state index contributed by atoms with van der Waals surface area (Å²) in [6.45, 7) is 5.40. The van der Waals surface area contributed by atoms with Crippen molar-refractivity contribution in [3.8, 4) is 5.75 Å². The Kier molecular flexibility index (Phi) is 7.13. The zero-order chi connectivity index (χ0) is 22.5. The first-order chi connectivity index (χ1) is 14.7. The quantitative estimate of drug-likeness (QED) is 0.286. The van der Waals surface area contributed by atoms with Crippen LogP contribution in [0.15, 0.2) is 40.0 Å². The Bertz CT molecular complexity index is 1130. The maximum Gasteiger partial charge on any atom is 0.293 e. The molecule has 0 aliphatic rings. The van der Waals surface area contributed by atoms with Gasteiger partial charge in [0.2, 0.25) is 5.91 Å². The highest BCUT2D eigenvalue weighted by atomic mass is 35.5. The number of nitro groups is 1. The van der Waals surface area contributed by atoms with E-state index in [2.05, 4.69) is 15.5 Å². The molecule has 1 heterocycles. The van der Waals surface area contributed by atoms with Crippen LogP contribution in [0.4, 0.5) is 11.4 Å². The molecule has 0 unspecified atom stereocenters. The number of amides is 1. The number of aromatic nitrogens is 2. The molecule has 0 radical (unpaired) electrons. The van der Waals surface area contributed by atoms with Crippen molar-refractivity contribution in [2.75, 3.05) is 11.1 Å². The number of thioether (sulfide) groups is 1. The second kappa shape index (κ2) is 9.80. The maximum atomic E-state index is 12.3. The van der Waals surface area contributed by atoms with Crippen molar-refractivity contribution in [1.82, 2.24) is 10.2 Å². The second-order valence-corrected chi connectivity index (χ2v) is 8.09. The van der Waals surface area contributed by atoms with Gasteiger partial charge in [0.05, 0.1) is 10.7 Å². The standard InChI is InChI=1S/C20H19ClN4O5S/c1-11-6-13(3)19(15(7-11)25(27)28)22-17(26)10-31-20-24-23-18(30-20)9-29-16-5-4-14(21)8-12(16)2/h4-8H,9-10H2,1-3H3,(H,22,26). The Morgan fingerprint density at radius 1 is 1.23 bits per heavy atom. The zero-order valence-electron chi connectivity index (χ0n) is 17.0. The number of hydrogen-bond acceptors (Lipinski definition) is 8. The minimum atomic E-state index is -0.518. The van der Waals surface area contributed by atoms with Gasteiger partial charge in [0.15, 0.2) is 6.61 Å². The molecule has 162 valence electrons. The van der Waals surface area contributed by atoms with Crippen LogP contribution < -0.4 is 10.1 Å². The lowest BCUT2D eigenvalue weighted by molar-refractivity contribution is -0.384. The van der Waals surface area contributed by atoms with Crippen molar-refractivity contribution >= 4 is 40.6 Å². The van der Waals surface area contributed by atoms with Gasteiger partial charge in [0.1, 0.15) is 11.4 Å². The van der Waals surface area contributed by atoms with E-state index >= 15 is 0 Å². The highest BCUT2D eigenvalue weighted by Gasteiger charge is 2.19. The number of rotatable bonds is 8. The first-order valence-corrected chi connectivity index (χ1v) is 10.5. The van der Waals surface area contributed by atoms with Gasteiger partial charge in [-0.25, -0.2) is 0 Å². The topological polar surface area (TPSA) is 120 Å². The van der Waals surface area contributed by atoms with Gasteiger partial charge in [0, 0.05) is 11.1 Å². The average molecular weight is 463 g/mol. The summed E-state index contributed by atoms with van der Waals surface area (Å²) in [4.78, 5) is 23.1. The smallest absolute Gasteiger partial charge is 0.293 e. The van der Waals surface area contributed by atoms with E-state index in [4.69, 9.17) is 20.8 Å². The number of nitrogens with one attached hydrogen (secondary N) is 1. The molecule has 0 spiro atoms. The van der Waals surface area contributed by atoms with Crippen LogP contribution in [-0.4, -0.2) is 26.8 Å². The summed E-state index contributed by atoms with van der Waals surface area (Å²) < 4.78 is 11.1. The number of aryl methyl sites for hydroxylation is 3. The summed E-state index contributed by atoms with van der Waals surface area (Å²) in [5.74, 6) is 0.421. The molecule has 0 aliphatic heterocycles. The Hall–Kier alpha value is -3.11. The number of halogens is 1. The fraction of sp³-hybridized carbons (Fsp3) is 0.250. The lowest BCUT2D eigenvalue weighted by Crippen LogP contribution is -2.16. The summed E-state index contributed by atoms with van der Waals surface area (Å²) >= 11 is 6.95. The number of carbonyl (C=O) groups excluding carboxylic acids is 1. The molecule has 0 saturated heterocycles. The van der Waals surface area contributed by atoms with Gasteiger partial charge in [-0.15, -0.1) is 10.2 Å². The highest BCUT2D eigenvalue weighted by Crippen LogP contribution is 2.30. The van der Waals surface area contributed by atoms with Crippen LogP contribution in [0.5, 0.6) is 5.75 Å². The van der Waals surface area contributed by atoms with E-state index in [9.17, 15) is 14.9 Å². The molecule has 2 aromatic carbocycles. The van der Waals surface area contributed by atoms with Crippen LogP contribution >= 0.6 is 23.4 Å². The highest BCUT2D eigenvalue weighted by molar-refractivity contribution is 7.99. The summed E-state index contributed by atoms with van der Waals surface area (Å²) in [6, 6.07) is 8.44. The fourth-order valence-corrected chi connectivity index (χ4v) is 3.63. The summed E-state index contributed by atoms with van der Waals surface area (Å²) in [5.41, 5.74) is 2.26. The molecule has 1 amide bonds. The zero-order valence-corrected chi connectivity index (χ0v) is 18.5. The molecule has 11 heteroatoms. The molecule has 1 N–H and O–H groups in total. The van der Waals surface area contributed by atoms with E-state index in [0.29, 0.717) is 16.3 Å². The summed E-state index contributed by atoms with van der Waals surface area (Å²) in [7, 11) is 0. The molecule has 31 heavy (non-hydrogen) atoms. The third-order valence-corrected chi connectivity index (χ3v) is 5.24. The molecule has 3 aromatic rings. The lowest BCUT2D eigenvalue weighted by atomic mass is 10.1. The van der Waals surface area contributed by atoms with Gasteiger partial charge < -0.3 is 14.5 Å². The van der Waals surface area contributed by atoms with Crippen LogP contribution in [0.3, 0.4) is 0 Å². The van der Waals surface area contributed by atoms with Crippen LogP contribution in [-0.2, 0) is 11.4 Å². The third-order valence-electron chi connectivity index (χ3n) is 4.18. The van der Waals surface area contributed by atoms with E-state index in [0.717, 1.165) is 22.9 Å². The maximum absolute atomic E-state index is 12.3. The molecule has 0 aliphatic carbocycles. The van der Waals surface area contributed by atoms with Gasteiger partial charge in [-0.3, -0.25) is 14.9 Å². The van der Waals surface area contributed by atoms with Crippen molar-refractivity contribution in [1.29, 1.82) is 0 Å². The van der Waals surface area contributed by atoms with Crippen LogP contribution in [0.2, 0.25) is 5.02 Å². The van der Waals surface area contributed by atoms with E-state index in [-0.39, 0.29) is 34.8 Å². The summed E-state index contributed by atoms with van der Waals surface area (Å²) in [5, 5.41) is 22.5. The van der Waals surface area contributed by atoms with Crippen LogP contribution in [0.1, 0.15) is 22.6 Å². The minimum absolute atomic E-state index is 0.0523. The number of ether oxygens (including phenoxy) is 1. The van der Waals surface area contributed by atoms with Crippen molar-refractivity contribution in [2.24, 2.45) is 0 Å². The molecule has 0 fully saturated rings. The van der Waals surface area contributed by atoms with Crippen molar-refractivity contribution in [3.63, 3.8) is 0 Å². The number of anilines is 1. The summed E-state index contributed by atoms with van der Waals surface area (Å²) in [6.07, 6.45) is 0. The number of carbonyl (C=O) groups is 1. The predicted molar refractivity (Wildman–Crippen MR) is 117 cm³/mol. The Morgan fingerprint density at radius 2 is 2.00 bits per heavy atom. The monoisotopic (exact) mass is 462 g/mol. The van der Waals surface area contributed by atoms with Crippen LogP contribution in [0, 0.1) is 30.9 Å². The Morgan fingerprint density at radius 3 is 2.71 bits per heavy atom. The van der Waals surface area contributed by atoms with Crippen molar-refractivity contribution in [3.05, 3.63) is 68.0 Å². The number of benzene rings is 2. The van der Waals surface area contributed by atoms with Gasteiger partial charge in [-0.1, -0.05) is 29.4 Å². The number of nitro benzene ring substituents is 1. The van der Waals surface area contributed by atoms with E-state index in [1.54, 1.807) is 38.1 Å². The number of hydrogen-bond donors (Lipinski definition) is 1. The van der Waals surface area contributed by atoms with Gasteiger partial charge >= 0.3 is 0 Å². The Labute approximate surface area is 187 Å². The van der Waals surface area contributed by atoms with E-state index in [1.165, 1.54) is 6.07 Å². The first-order valence-electron chi connectivity index (χ1n) is 9.12. The molecule has 0 atom stereocenters. The van der Waals surface area contributed by atoms with Crippen LogP contribution in [0.25, 0.3) is 0 Å². The molecule has 1 aromatic heterocycles. The molecular formula is C20H19ClN4O5S. The fourth-order valence-electron chi connectivity index (χ4n) is 2.82. The Balaban J connectivity index is 1.56. The van der Waals surface area contributed by atoms with E-state index in [1.807, 2.05) is 6.92 Å². The lowest BCUT2D eigenvalue weighted by Gasteiger charge is -2.09. The van der Waals surface area contributed by atoms with Gasteiger partial charge in [0.25, 0.3) is 16.8 Å². The van der Waals surface area contributed by atoms with E-state index < -0.39 is 10.8 Å². The normalized spacial score (nSPS) is 10.7. The predicted octanol–water partition coefficient (Wildman–Crippen LogP) is 4.87. The molecule has 0 saturated carbocycles. The molecular weight excluding hydrogens is 444 g/mol. The second-order valence-electron chi connectivity index (χ2n) is 6.73. The molecule has 3 rings (SSSR count). The number of nitrogens with zero attached hydrogens (tertiary/aromatic N) is 3. The average Bonchev–Trinajstić information content (AvgIpc) is 3.15. The molecule has 0 bridgehead atoms. The third kappa shape index (κ3) is 5.96. The SMILES string of the molecule is Cc1cc(C)c(NC(=O)CSc2nnc(COc3ccc(Cl)cc3C)o2)c([N+](=O)[O-])c1. The minimum Gasteiger partial charge on any atom is -0.484 e. The largest absolute Gasteiger partial charge is 0.484 e. The van der Waals surface area contributed by atoms with Gasteiger partial charge in [-0.05, 0) is 55.7 Å². The molecule has 9 nitrogen and oxygen atoms in total. The first kappa shape index (κ1) is 22.6. The van der Waals surface area contributed by atoms with Crippen molar-refractivity contribution in [2.45, 2.75) is 32.6 Å². The van der Waals surface area contributed by atoms with Crippen molar-refractivity contribution < 1.29 is 18.9 Å².